The van der Waals surface area contributed by atoms with Crippen molar-refractivity contribution in [2.24, 2.45) is 5.41 Å². The lowest BCUT2D eigenvalue weighted by Gasteiger charge is -2.27. The normalized spacial score (nSPS) is 18.6. The van der Waals surface area contributed by atoms with Gasteiger partial charge in [-0.15, -0.1) is 0 Å². The van der Waals surface area contributed by atoms with Crippen LogP contribution < -0.4 is 5.32 Å². The van der Waals surface area contributed by atoms with E-state index in [0.717, 1.165) is 19.5 Å². The van der Waals surface area contributed by atoms with Crippen molar-refractivity contribution in [1.29, 1.82) is 0 Å². The Hall–Kier alpha value is -0.860. The lowest BCUT2D eigenvalue weighted by atomic mass is 9.82. The first-order chi connectivity index (χ1) is 9.73. The summed E-state index contributed by atoms with van der Waals surface area (Å²) in [5.74, 6) is 0. The first-order valence-electron chi connectivity index (χ1n) is 8.17. The highest BCUT2D eigenvalue weighted by Crippen LogP contribution is 2.37. The molecule has 1 aromatic carbocycles. The lowest BCUT2D eigenvalue weighted by molar-refractivity contribution is 0.236. The third-order valence-corrected chi connectivity index (χ3v) is 5.17. The van der Waals surface area contributed by atoms with E-state index in [1.807, 2.05) is 7.05 Å². The molecule has 0 aromatic heterocycles. The largest absolute Gasteiger partial charge is 0.319 e. The van der Waals surface area contributed by atoms with Crippen LogP contribution in [0.25, 0.3) is 0 Å². The molecular formula is C18H30N2. The van der Waals surface area contributed by atoms with Crippen molar-refractivity contribution in [3.05, 3.63) is 35.4 Å². The van der Waals surface area contributed by atoms with Crippen LogP contribution in [0.2, 0.25) is 0 Å². The monoisotopic (exact) mass is 274 g/mol. The van der Waals surface area contributed by atoms with E-state index in [2.05, 4.69) is 48.3 Å². The van der Waals surface area contributed by atoms with Crippen molar-refractivity contribution in [1.82, 2.24) is 10.2 Å². The van der Waals surface area contributed by atoms with Gasteiger partial charge in [0, 0.05) is 13.1 Å². The SMILES string of the molecule is CCC1(CC)CCN(Cc2ccccc2CCNC)C1. The van der Waals surface area contributed by atoms with Gasteiger partial charge in [0.15, 0.2) is 0 Å². The maximum atomic E-state index is 3.25. The summed E-state index contributed by atoms with van der Waals surface area (Å²) in [4.78, 5) is 2.66. The fourth-order valence-electron chi connectivity index (χ4n) is 3.45. The number of rotatable bonds is 7. The number of hydrogen-bond acceptors (Lipinski definition) is 2. The molecule has 0 amide bonds. The summed E-state index contributed by atoms with van der Waals surface area (Å²) in [5.41, 5.74) is 3.61. The number of nitrogens with zero attached hydrogens (tertiary/aromatic N) is 1. The number of hydrogen-bond donors (Lipinski definition) is 1. The zero-order chi connectivity index (χ0) is 14.4. The van der Waals surface area contributed by atoms with Gasteiger partial charge in [0.05, 0.1) is 0 Å². The van der Waals surface area contributed by atoms with E-state index >= 15 is 0 Å². The Kier molecular flexibility index (Phi) is 5.62. The van der Waals surface area contributed by atoms with E-state index in [4.69, 9.17) is 0 Å². The van der Waals surface area contributed by atoms with Crippen molar-refractivity contribution in [2.45, 2.75) is 46.1 Å². The zero-order valence-electron chi connectivity index (χ0n) is 13.4. The molecule has 112 valence electrons. The molecule has 0 atom stereocenters. The van der Waals surface area contributed by atoms with E-state index in [1.54, 1.807) is 0 Å². The molecule has 2 heteroatoms. The van der Waals surface area contributed by atoms with E-state index in [0.29, 0.717) is 5.41 Å². The van der Waals surface area contributed by atoms with Gasteiger partial charge in [-0.25, -0.2) is 0 Å². The summed E-state index contributed by atoms with van der Waals surface area (Å²) in [6, 6.07) is 8.94. The second kappa shape index (κ2) is 7.24. The van der Waals surface area contributed by atoms with E-state index in [-0.39, 0.29) is 0 Å². The van der Waals surface area contributed by atoms with Gasteiger partial charge in [-0.2, -0.15) is 0 Å². The molecule has 2 rings (SSSR count). The number of likely N-dealkylation sites (tertiary alicyclic amines) is 1. The van der Waals surface area contributed by atoms with Crippen LogP contribution in [-0.2, 0) is 13.0 Å². The Morgan fingerprint density at radius 1 is 1.15 bits per heavy atom. The molecule has 2 nitrogen and oxygen atoms in total. The van der Waals surface area contributed by atoms with Gasteiger partial charge in [-0.3, -0.25) is 4.90 Å². The Bertz CT molecular complexity index is 410. The first-order valence-corrected chi connectivity index (χ1v) is 8.17. The van der Waals surface area contributed by atoms with Crippen LogP contribution in [0, 0.1) is 5.41 Å². The molecular weight excluding hydrogens is 244 g/mol. The Morgan fingerprint density at radius 3 is 2.45 bits per heavy atom. The van der Waals surface area contributed by atoms with Gasteiger partial charge in [-0.1, -0.05) is 38.1 Å². The average molecular weight is 274 g/mol. The topological polar surface area (TPSA) is 15.3 Å². The summed E-state index contributed by atoms with van der Waals surface area (Å²) < 4.78 is 0. The summed E-state index contributed by atoms with van der Waals surface area (Å²) in [6.07, 6.45) is 5.15. The van der Waals surface area contributed by atoms with Gasteiger partial charge in [0.25, 0.3) is 0 Å². The Balaban J connectivity index is 2.00. The zero-order valence-corrected chi connectivity index (χ0v) is 13.4. The molecule has 0 bridgehead atoms. The maximum Gasteiger partial charge on any atom is 0.0236 e. The third-order valence-electron chi connectivity index (χ3n) is 5.17. The minimum atomic E-state index is 0.583. The maximum absolute atomic E-state index is 3.25. The summed E-state index contributed by atoms with van der Waals surface area (Å²) >= 11 is 0. The van der Waals surface area contributed by atoms with Crippen LogP contribution in [0.3, 0.4) is 0 Å². The summed E-state index contributed by atoms with van der Waals surface area (Å²) in [6.45, 7) is 9.44. The van der Waals surface area contributed by atoms with Crippen LogP contribution in [0.5, 0.6) is 0 Å². The molecule has 0 radical (unpaired) electrons. The summed E-state index contributed by atoms with van der Waals surface area (Å²) in [5, 5.41) is 3.25. The standard InChI is InChI=1S/C18H30N2/c1-4-18(5-2)11-13-20(15-18)14-17-9-7-6-8-16(17)10-12-19-3/h6-9,19H,4-5,10-15H2,1-3H3. The average Bonchev–Trinajstić information content (AvgIpc) is 2.90. The van der Waals surface area contributed by atoms with Gasteiger partial charge in [0.1, 0.15) is 0 Å². The summed E-state index contributed by atoms with van der Waals surface area (Å²) in [7, 11) is 2.03. The molecule has 1 aromatic rings. The molecule has 0 unspecified atom stereocenters. The number of benzene rings is 1. The molecule has 0 saturated carbocycles. The molecule has 1 saturated heterocycles. The smallest absolute Gasteiger partial charge is 0.0236 e. The van der Waals surface area contributed by atoms with Gasteiger partial charge in [0.2, 0.25) is 0 Å². The highest BCUT2D eigenvalue weighted by Gasteiger charge is 2.34. The highest BCUT2D eigenvalue weighted by molar-refractivity contribution is 5.27. The van der Waals surface area contributed by atoms with E-state index in [1.165, 1.54) is 43.5 Å². The van der Waals surface area contributed by atoms with E-state index < -0.39 is 0 Å². The van der Waals surface area contributed by atoms with Crippen molar-refractivity contribution in [3.63, 3.8) is 0 Å². The van der Waals surface area contributed by atoms with Crippen LogP contribution in [0.15, 0.2) is 24.3 Å². The van der Waals surface area contributed by atoms with Crippen LogP contribution >= 0.6 is 0 Å². The lowest BCUT2D eigenvalue weighted by Crippen LogP contribution is -2.26. The minimum Gasteiger partial charge on any atom is -0.319 e. The second-order valence-electron chi connectivity index (χ2n) is 6.29. The van der Waals surface area contributed by atoms with E-state index in [9.17, 15) is 0 Å². The second-order valence-corrected chi connectivity index (χ2v) is 6.29. The van der Waals surface area contributed by atoms with Crippen molar-refractivity contribution in [2.75, 3.05) is 26.7 Å². The number of nitrogens with one attached hydrogen (secondary N) is 1. The van der Waals surface area contributed by atoms with Crippen molar-refractivity contribution >= 4 is 0 Å². The van der Waals surface area contributed by atoms with Gasteiger partial charge >= 0.3 is 0 Å². The fourth-order valence-corrected chi connectivity index (χ4v) is 3.45. The first kappa shape index (κ1) is 15.5. The molecule has 1 heterocycles. The van der Waals surface area contributed by atoms with Crippen LogP contribution in [0.1, 0.15) is 44.2 Å². The minimum absolute atomic E-state index is 0.583. The molecule has 1 aliphatic heterocycles. The molecule has 1 N–H and O–H groups in total. The fraction of sp³-hybridized carbons (Fsp3) is 0.667. The predicted octanol–water partition coefficient (Wildman–Crippen LogP) is 3.46. The van der Waals surface area contributed by atoms with Gasteiger partial charge in [-0.05, 0) is 62.4 Å². The highest BCUT2D eigenvalue weighted by atomic mass is 15.2. The predicted molar refractivity (Wildman–Crippen MR) is 87.0 cm³/mol. The van der Waals surface area contributed by atoms with Crippen molar-refractivity contribution < 1.29 is 0 Å². The van der Waals surface area contributed by atoms with Crippen molar-refractivity contribution in [3.8, 4) is 0 Å². The van der Waals surface area contributed by atoms with Gasteiger partial charge < -0.3 is 5.32 Å². The van der Waals surface area contributed by atoms with Crippen LogP contribution in [-0.4, -0.2) is 31.6 Å². The molecule has 20 heavy (non-hydrogen) atoms. The quantitative estimate of drug-likeness (QED) is 0.819. The number of likely N-dealkylation sites (N-methyl/N-ethyl adjacent to an activating group) is 1. The Morgan fingerprint density at radius 2 is 1.85 bits per heavy atom. The molecule has 1 aliphatic rings. The van der Waals surface area contributed by atoms with Crippen LogP contribution in [0.4, 0.5) is 0 Å². The molecule has 0 spiro atoms. The molecule has 1 fully saturated rings. The Labute approximate surface area is 124 Å². The molecule has 0 aliphatic carbocycles. The third kappa shape index (κ3) is 3.62.